The Balaban J connectivity index is 1.70. The van der Waals surface area contributed by atoms with Crippen LogP contribution in [0.2, 0.25) is 0 Å². The Labute approximate surface area is 98.2 Å². The molecule has 3 nitrogen and oxygen atoms in total. The van der Waals surface area contributed by atoms with Gasteiger partial charge in [-0.2, -0.15) is 0 Å². The van der Waals surface area contributed by atoms with Gasteiger partial charge in [-0.3, -0.25) is 4.79 Å². The van der Waals surface area contributed by atoms with Crippen molar-refractivity contribution in [1.82, 2.24) is 5.32 Å². The van der Waals surface area contributed by atoms with E-state index in [4.69, 9.17) is 5.73 Å². The average Bonchev–Trinajstić information content (AvgIpc) is 3.12. The molecule has 2 aliphatic rings. The van der Waals surface area contributed by atoms with Crippen molar-refractivity contribution < 1.29 is 4.79 Å². The molecule has 0 unspecified atom stereocenters. The predicted molar refractivity (Wildman–Crippen MR) is 64.8 cm³/mol. The number of carbonyl (C=O) groups excluding carboxylic acids is 1. The molecule has 16 heavy (non-hydrogen) atoms. The van der Waals surface area contributed by atoms with Crippen molar-refractivity contribution in [2.24, 2.45) is 23.5 Å². The van der Waals surface area contributed by atoms with E-state index in [-0.39, 0.29) is 11.9 Å². The normalized spacial score (nSPS) is 22.2. The molecule has 0 spiro atoms. The topological polar surface area (TPSA) is 55.1 Å². The van der Waals surface area contributed by atoms with Crippen LogP contribution in [0.15, 0.2) is 0 Å². The molecule has 0 saturated heterocycles. The molecular formula is C13H24N2O. The number of hydrogen-bond acceptors (Lipinski definition) is 2. The van der Waals surface area contributed by atoms with Crippen molar-refractivity contribution in [2.45, 2.75) is 51.5 Å². The largest absolute Gasteiger partial charge is 0.354 e. The first-order valence-electron chi connectivity index (χ1n) is 6.75. The van der Waals surface area contributed by atoms with Gasteiger partial charge < -0.3 is 11.1 Å². The van der Waals surface area contributed by atoms with Crippen LogP contribution in [0.3, 0.4) is 0 Å². The zero-order valence-corrected chi connectivity index (χ0v) is 10.2. The van der Waals surface area contributed by atoms with Crippen molar-refractivity contribution in [1.29, 1.82) is 0 Å². The Morgan fingerprint density at radius 1 is 1.31 bits per heavy atom. The third-order valence-corrected chi connectivity index (χ3v) is 3.90. The smallest absolute Gasteiger partial charge is 0.236 e. The number of rotatable bonds is 7. The molecule has 0 aliphatic heterocycles. The van der Waals surface area contributed by atoms with Gasteiger partial charge in [-0.05, 0) is 49.9 Å². The molecule has 1 amide bonds. The summed E-state index contributed by atoms with van der Waals surface area (Å²) in [6, 6.07) is -0.302. The highest BCUT2D eigenvalue weighted by molar-refractivity contribution is 5.81. The molecule has 0 heterocycles. The van der Waals surface area contributed by atoms with Gasteiger partial charge in [-0.15, -0.1) is 0 Å². The number of carbonyl (C=O) groups is 1. The highest BCUT2D eigenvalue weighted by Gasteiger charge is 2.41. The lowest BCUT2D eigenvalue weighted by Crippen LogP contribution is -2.42. The van der Waals surface area contributed by atoms with Gasteiger partial charge in [0.25, 0.3) is 0 Å². The van der Waals surface area contributed by atoms with Gasteiger partial charge in [0, 0.05) is 6.54 Å². The highest BCUT2D eigenvalue weighted by atomic mass is 16.2. The molecule has 0 aromatic rings. The van der Waals surface area contributed by atoms with Crippen molar-refractivity contribution in [2.75, 3.05) is 6.54 Å². The number of hydrogen-bond donors (Lipinski definition) is 2. The van der Waals surface area contributed by atoms with Gasteiger partial charge in [-0.1, -0.05) is 13.3 Å². The van der Waals surface area contributed by atoms with Crippen LogP contribution in [0.5, 0.6) is 0 Å². The van der Waals surface area contributed by atoms with E-state index in [0.29, 0.717) is 0 Å². The summed E-state index contributed by atoms with van der Waals surface area (Å²) in [6.07, 6.45) is 7.26. The third kappa shape index (κ3) is 3.21. The van der Waals surface area contributed by atoms with Crippen LogP contribution in [0.4, 0.5) is 0 Å². The molecule has 92 valence electrons. The molecule has 2 rings (SSSR count). The molecule has 0 bridgehead atoms. The van der Waals surface area contributed by atoms with Gasteiger partial charge in [0.1, 0.15) is 0 Å². The average molecular weight is 224 g/mol. The molecule has 3 heteroatoms. The molecule has 2 aliphatic carbocycles. The lowest BCUT2D eigenvalue weighted by Gasteiger charge is -2.18. The summed E-state index contributed by atoms with van der Waals surface area (Å²) in [5.74, 6) is 2.59. The molecule has 3 N–H and O–H groups in total. The van der Waals surface area contributed by atoms with Gasteiger partial charge >= 0.3 is 0 Å². The van der Waals surface area contributed by atoms with E-state index in [2.05, 4.69) is 12.2 Å². The summed E-state index contributed by atoms with van der Waals surface area (Å²) in [7, 11) is 0. The molecular weight excluding hydrogens is 200 g/mol. The lowest BCUT2D eigenvalue weighted by atomic mass is 9.98. The maximum Gasteiger partial charge on any atom is 0.236 e. The SMILES string of the molecule is CCC[C@@H](N)C(=O)NCC(C1CC1)C1CC1. The second-order valence-electron chi connectivity index (χ2n) is 5.48. The number of amides is 1. The van der Waals surface area contributed by atoms with Crippen molar-refractivity contribution >= 4 is 5.91 Å². The minimum atomic E-state index is -0.302. The number of nitrogens with one attached hydrogen (secondary N) is 1. The lowest BCUT2D eigenvalue weighted by molar-refractivity contribution is -0.122. The summed E-state index contributed by atoms with van der Waals surface area (Å²) in [4.78, 5) is 11.7. The predicted octanol–water partition coefficient (Wildman–Crippen LogP) is 1.67. The standard InChI is InChI=1S/C13H24N2O/c1-2-3-12(14)13(16)15-8-11(9-4-5-9)10-6-7-10/h9-12H,2-8,14H2,1H3,(H,15,16)/t12-/m1/s1. The maximum atomic E-state index is 11.7. The Morgan fingerprint density at radius 2 is 1.88 bits per heavy atom. The van der Waals surface area contributed by atoms with E-state index in [1.54, 1.807) is 0 Å². The fraction of sp³-hybridized carbons (Fsp3) is 0.923. The first-order valence-corrected chi connectivity index (χ1v) is 6.75. The summed E-state index contributed by atoms with van der Waals surface area (Å²) >= 11 is 0. The van der Waals surface area contributed by atoms with Crippen LogP contribution in [0.1, 0.15) is 45.4 Å². The first kappa shape index (κ1) is 11.9. The van der Waals surface area contributed by atoms with Crippen LogP contribution >= 0.6 is 0 Å². The van der Waals surface area contributed by atoms with E-state index in [0.717, 1.165) is 37.1 Å². The maximum absolute atomic E-state index is 11.7. The number of nitrogens with two attached hydrogens (primary N) is 1. The summed E-state index contributed by atoms with van der Waals surface area (Å²) in [5.41, 5.74) is 5.79. The van der Waals surface area contributed by atoms with Crippen LogP contribution in [-0.4, -0.2) is 18.5 Å². The van der Waals surface area contributed by atoms with Gasteiger partial charge in [0.2, 0.25) is 5.91 Å². The van der Waals surface area contributed by atoms with E-state index < -0.39 is 0 Å². The molecule has 2 saturated carbocycles. The minimum Gasteiger partial charge on any atom is -0.354 e. The molecule has 1 atom stereocenters. The Kier molecular flexibility index (Phi) is 3.85. The van der Waals surface area contributed by atoms with Gasteiger partial charge in [0.15, 0.2) is 0 Å². The zero-order chi connectivity index (χ0) is 11.5. The molecule has 0 aromatic heterocycles. The molecule has 2 fully saturated rings. The van der Waals surface area contributed by atoms with E-state index in [1.807, 2.05) is 0 Å². The summed E-state index contributed by atoms with van der Waals surface area (Å²) < 4.78 is 0. The van der Waals surface area contributed by atoms with Crippen LogP contribution in [-0.2, 0) is 4.79 Å². The van der Waals surface area contributed by atoms with Crippen LogP contribution in [0.25, 0.3) is 0 Å². The third-order valence-electron chi connectivity index (χ3n) is 3.90. The Hall–Kier alpha value is -0.570. The first-order chi connectivity index (χ1) is 7.72. The Morgan fingerprint density at radius 3 is 2.31 bits per heavy atom. The monoisotopic (exact) mass is 224 g/mol. The fourth-order valence-electron chi connectivity index (χ4n) is 2.56. The minimum absolute atomic E-state index is 0.0492. The van der Waals surface area contributed by atoms with Crippen molar-refractivity contribution in [3.05, 3.63) is 0 Å². The van der Waals surface area contributed by atoms with Gasteiger partial charge in [-0.25, -0.2) is 0 Å². The van der Waals surface area contributed by atoms with Crippen LogP contribution < -0.4 is 11.1 Å². The highest BCUT2D eigenvalue weighted by Crippen LogP contribution is 2.48. The quantitative estimate of drug-likeness (QED) is 0.691. The van der Waals surface area contributed by atoms with Crippen molar-refractivity contribution in [3.8, 4) is 0 Å². The second kappa shape index (κ2) is 5.17. The second-order valence-corrected chi connectivity index (χ2v) is 5.48. The zero-order valence-electron chi connectivity index (χ0n) is 10.2. The Bertz CT molecular complexity index is 234. The fourth-order valence-corrected chi connectivity index (χ4v) is 2.56. The molecule has 0 radical (unpaired) electrons. The van der Waals surface area contributed by atoms with E-state index >= 15 is 0 Å². The van der Waals surface area contributed by atoms with E-state index in [1.165, 1.54) is 25.7 Å². The van der Waals surface area contributed by atoms with E-state index in [9.17, 15) is 4.79 Å². The van der Waals surface area contributed by atoms with Gasteiger partial charge in [0.05, 0.1) is 6.04 Å². The summed E-state index contributed by atoms with van der Waals surface area (Å²) in [6.45, 7) is 2.93. The summed E-state index contributed by atoms with van der Waals surface area (Å²) in [5, 5.41) is 3.05. The van der Waals surface area contributed by atoms with Crippen molar-refractivity contribution in [3.63, 3.8) is 0 Å². The van der Waals surface area contributed by atoms with Crippen LogP contribution in [0, 0.1) is 17.8 Å². The molecule has 0 aromatic carbocycles.